The standard InChI is InChI=1S/C13H21N5OS2/c1-9-8-20-13(16-9)10-11(14)17-21-12(10)15-4-5-18(2)6-7-19-3/h8,15H,4-7H2,1-3H3,(H2,14,17). The molecule has 2 heterocycles. The minimum absolute atomic E-state index is 0.546. The van der Waals surface area contributed by atoms with Crippen LogP contribution in [0.5, 0.6) is 0 Å². The van der Waals surface area contributed by atoms with E-state index in [-0.39, 0.29) is 0 Å². The van der Waals surface area contributed by atoms with Gasteiger partial charge >= 0.3 is 0 Å². The van der Waals surface area contributed by atoms with Gasteiger partial charge in [0.15, 0.2) is 0 Å². The molecule has 0 aliphatic carbocycles. The maximum Gasteiger partial charge on any atom is 0.149 e. The van der Waals surface area contributed by atoms with Crippen LogP contribution in [0.4, 0.5) is 10.8 Å². The Kier molecular flexibility index (Phi) is 5.92. The molecule has 21 heavy (non-hydrogen) atoms. The summed E-state index contributed by atoms with van der Waals surface area (Å²) < 4.78 is 9.31. The van der Waals surface area contributed by atoms with Crippen molar-refractivity contribution in [2.75, 3.05) is 51.4 Å². The van der Waals surface area contributed by atoms with Crippen LogP contribution in [0.3, 0.4) is 0 Å². The maximum atomic E-state index is 5.98. The van der Waals surface area contributed by atoms with Crippen LogP contribution in [-0.4, -0.2) is 54.7 Å². The van der Waals surface area contributed by atoms with Gasteiger partial charge in [-0.15, -0.1) is 11.3 Å². The van der Waals surface area contributed by atoms with Crippen molar-refractivity contribution < 1.29 is 4.74 Å². The third-order valence-corrected chi connectivity index (χ3v) is 4.80. The molecule has 0 aliphatic heterocycles. The van der Waals surface area contributed by atoms with E-state index in [1.165, 1.54) is 11.5 Å². The highest BCUT2D eigenvalue weighted by molar-refractivity contribution is 7.15. The second-order valence-electron chi connectivity index (χ2n) is 4.79. The minimum atomic E-state index is 0.546. The van der Waals surface area contributed by atoms with E-state index in [0.717, 1.165) is 47.5 Å². The lowest BCUT2D eigenvalue weighted by Gasteiger charge is -2.16. The van der Waals surface area contributed by atoms with Crippen molar-refractivity contribution in [3.05, 3.63) is 11.1 Å². The summed E-state index contributed by atoms with van der Waals surface area (Å²) in [5.41, 5.74) is 7.91. The van der Waals surface area contributed by atoms with Gasteiger partial charge in [0.05, 0.1) is 12.2 Å². The van der Waals surface area contributed by atoms with E-state index in [2.05, 4.69) is 26.6 Å². The summed E-state index contributed by atoms with van der Waals surface area (Å²) in [6, 6.07) is 0. The van der Waals surface area contributed by atoms with Gasteiger partial charge in [0.2, 0.25) is 0 Å². The molecule has 0 aromatic carbocycles. The van der Waals surface area contributed by atoms with Crippen molar-refractivity contribution in [2.45, 2.75) is 6.92 Å². The van der Waals surface area contributed by atoms with Crippen molar-refractivity contribution in [3.63, 3.8) is 0 Å². The van der Waals surface area contributed by atoms with E-state index in [9.17, 15) is 0 Å². The Morgan fingerprint density at radius 2 is 2.24 bits per heavy atom. The molecule has 116 valence electrons. The molecule has 0 saturated carbocycles. The molecule has 8 heteroatoms. The minimum Gasteiger partial charge on any atom is -0.383 e. The van der Waals surface area contributed by atoms with Gasteiger partial charge in [-0.05, 0) is 25.5 Å². The first kappa shape index (κ1) is 16.2. The van der Waals surface area contributed by atoms with Crippen LogP contribution >= 0.6 is 22.9 Å². The van der Waals surface area contributed by atoms with Crippen LogP contribution < -0.4 is 11.1 Å². The van der Waals surface area contributed by atoms with Crippen molar-refractivity contribution in [1.29, 1.82) is 0 Å². The van der Waals surface area contributed by atoms with Crippen molar-refractivity contribution in [2.24, 2.45) is 0 Å². The van der Waals surface area contributed by atoms with Crippen LogP contribution in [0.1, 0.15) is 5.69 Å². The molecule has 0 unspecified atom stereocenters. The van der Waals surface area contributed by atoms with E-state index in [0.29, 0.717) is 5.82 Å². The van der Waals surface area contributed by atoms with Crippen LogP contribution in [0, 0.1) is 6.92 Å². The van der Waals surface area contributed by atoms with Gasteiger partial charge in [0.25, 0.3) is 0 Å². The number of aryl methyl sites for hydroxylation is 1. The molecule has 0 saturated heterocycles. The number of methoxy groups -OCH3 is 1. The lowest BCUT2D eigenvalue weighted by atomic mass is 10.3. The summed E-state index contributed by atoms with van der Waals surface area (Å²) >= 11 is 2.98. The highest BCUT2D eigenvalue weighted by Crippen LogP contribution is 2.38. The fourth-order valence-corrected chi connectivity index (χ4v) is 3.48. The Bertz CT molecular complexity index is 569. The summed E-state index contributed by atoms with van der Waals surface area (Å²) in [4.78, 5) is 6.71. The number of likely N-dealkylation sites (N-methyl/N-ethyl adjacent to an activating group) is 1. The number of nitrogens with one attached hydrogen (secondary N) is 1. The monoisotopic (exact) mass is 327 g/mol. The number of aromatic nitrogens is 2. The third-order valence-electron chi connectivity index (χ3n) is 3.01. The van der Waals surface area contributed by atoms with Gasteiger partial charge in [-0.3, -0.25) is 0 Å². The lowest BCUT2D eigenvalue weighted by Crippen LogP contribution is -2.28. The molecule has 3 N–H and O–H groups in total. The van der Waals surface area contributed by atoms with E-state index in [4.69, 9.17) is 10.5 Å². The summed E-state index contributed by atoms with van der Waals surface area (Å²) in [5.74, 6) is 0.546. The molecule has 2 aromatic rings. The average molecular weight is 327 g/mol. The highest BCUT2D eigenvalue weighted by atomic mass is 32.1. The number of thiazole rings is 1. The number of anilines is 2. The molecule has 0 amide bonds. The molecule has 0 fully saturated rings. The van der Waals surface area contributed by atoms with Crippen LogP contribution in [0.15, 0.2) is 5.38 Å². The number of nitrogens with two attached hydrogens (primary N) is 1. The predicted molar refractivity (Wildman–Crippen MR) is 90.2 cm³/mol. The SMILES string of the molecule is COCCN(C)CCNc1snc(N)c1-c1nc(C)cs1. The summed E-state index contributed by atoms with van der Waals surface area (Å²) in [6.07, 6.45) is 0. The van der Waals surface area contributed by atoms with Crippen molar-refractivity contribution in [3.8, 4) is 10.6 Å². The first-order valence-electron chi connectivity index (χ1n) is 6.70. The van der Waals surface area contributed by atoms with Gasteiger partial charge in [-0.1, -0.05) is 0 Å². The Hall–Kier alpha value is -1.22. The van der Waals surface area contributed by atoms with E-state index < -0.39 is 0 Å². The molecule has 0 bridgehead atoms. The summed E-state index contributed by atoms with van der Waals surface area (Å²) in [5, 5.41) is 7.34. The maximum absolute atomic E-state index is 5.98. The van der Waals surface area contributed by atoms with Gasteiger partial charge in [-0.2, -0.15) is 4.37 Å². The van der Waals surface area contributed by atoms with Crippen molar-refractivity contribution >= 4 is 33.7 Å². The van der Waals surface area contributed by atoms with E-state index in [1.54, 1.807) is 18.4 Å². The van der Waals surface area contributed by atoms with Gasteiger partial charge in [0.1, 0.15) is 15.8 Å². The number of nitrogen functional groups attached to an aromatic ring is 1. The van der Waals surface area contributed by atoms with Gasteiger partial charge in [-0.25, -0.2) is 4.98 Å². The van der Waals surface area contributed by atoms with Crippen LogP contribution in [-0.2, 0) is 4.74 Å². The fraction of sp³-hybridized carbons (Fsp3) is 0.538. The normalized spacial score (nSPS) is 11.2. The van der Waals surface area contributed by atoms with Gasteiger partial charge in [0, 0.05) is 37.8 Å². The Balaban J connectivity index is 1.95. The number of hydrogen-bond acceptors (Lipinski definition) is 8. The first-order chi connectivity index (χ1) is 10.1. The first-order valence-corrected chi connectivity index (χ1v) is 8.36. The van der Waals surface area contributed by atoms with Crippen LogP contribution in [0.25, 0.3) is 10.6 Å². The number of ether oxygens (including phenoxy) is 1. The van der Waals surface area contributed by atoms with Crippen LogP contribution in [0.2, 0.25) is 0 Å². The third kappa shape index (κ3) is 4.37. The Morgan fingerprint density at radius 3 is 2.90 bits per heavy atom. The second kappa shape index (κ2) is 7.69. The quantitative estimate of drug-likeness (QED) is 0.774. The molecule has 2 rings (SSSR count). The topological polar surface area (TPSA) is 76.3 Å². The number of rotatable bonds is 8. The van der Waals surface area contributed by atoms with E-state index in [1.807, 2.05) is 12.3 Å². The summed E-state index contributed by atoms with van der Waals surface area (Å²) in [7, 11) is 3.79. The predicted octanol–water partition coefficient (Wildman–Crippen LogP) is 2.15. The zero-order valence-corrected chi connectivity index (χ0v) is 14.2. The lowest BCUT2D eigenvalue weighted by molar-refractivity contribution is 0.163. The Labute approximate surface area is 133 Å². The average Bonchev–Trinajstić information content (AvgIpc) is 3.02. The highest BCUT2D eigenvalue weighted by Gasteiger charge is 2.16. The second-order valence-corrected chi connectivity index (χ2v) is 6.42. The molecule has 0 atom stereocenters. The molecule has 2 aromatic heterocycles. The largest absolute Gasteiger partial charge is 0.383 e. The molecule has 6 nitrogen and oxygen atoms in total. The molecule has 0 aliphatic rings. The molecule has 0 radical (unpaired) electrons. The van der Waals surface area contributed by atoms with E-state index >= 15 is 0 Å². The molecular formula is C13H21N5OS2. The number of hydrogen-bond donors (Lipinski definition) is 2. The van der Waals surface area contributed by atoms with Gasteiger partial charge < -0.3 is 20.7 Å². The van der Waals surface area contributed by atoms with Crippen molar-refractivity contribution in [1.82, 2.24) is 14.3 Å². The summed E-state index contributed by atoms with van der Waals surface area (Å²) in [6.45, 7) is 5.40. The fourth-order valence-electron chi connectivity index (χ4n) is 1.82. The number of nitrogens with zero attached hydrogens (tertiary/aromatic N) is 3. The molecular weight excluding hydrogens is 306 g/mol. The smallest absolute Gasteiger partial charge is 0.149 e. The zero-order valence-electron chi connectivity index (χ0n) is 12.5. The molecule has 0 spiro atoms. The Morgan fingerprint density at radius 1 is 1.43 bits per heavy atom. The zero-order chi connectivity index (χ0) is 15.2.